The fraction of sp³-hybridized carbons (Fsp3) is 0.480. The van der Waals surface area contributed by atoms with Gasteiger partial charge in [0.15, 0.2) is 17.5 Å². The molecule has 7 nitrogen and oxygen atoms in total. The molecular weight excluding hydrogens is 529 g/mol. The summed E-state index contributed by atoms with van der Waals surface area (Å²) in [5.41, 5.74) is 3.80. The second kappa shape index (κ2) is 13.0. The number of hydrogen-bond acceptors (Lipinski definition) is 5. The van der Waals surface area contributed by atoms with Gasteiger partial charge < -0.3 is 25.0 Å². The van der Waals surface area contributed by atoms with Crippen LogP contribution >= 0.6 is 24.0 Å². The van der Waals surface area contributed by atoms with Gasteiger partial charge in [-0.15, -0.1) is 24.0 Å². The lowest BCUT2D eigenvalue weighted by molar-refractivity contribution is 0.131. The fourth-order valence-electron chi connectivity index (χ4n) is 4.12. The zero-order valence-electron chi connectivity index (χ0n) is 19.7. The zero-order chi connectivity index (χ0) is 22.2. The maximum atomic E-state index is 5.48. The van der Waals surface area contributed by atoms with Crippen LogP contribution in [0.15, 0.2) is 47.5 Å². The first-order valence-corrected chi connectivity index (χ1v) is 11.7. The molecule has 2 N–H and O–H groups in total. The standard InChI is InChI=1S/C25H35N5O2.HI/c1-3-26-25(27-16-20-9-10-23-24(15-20)32-19-31-23)28-17-21-7-5-6-8-22(21)18-30-13-11-29(4-2)12-14-30;/h5-10,15H,3-4,11-14,16-19H2,1-2H3,(H2,26,27,28);1H. The Kier molecular flexibility index (Phi) is 10.1. The summed E-state index contributed by atoms with van der Waals surface area (Å²) in [5.74, 6) is 2.41. The van der Waals surface area contributed by atoms with Gasteiger partial charge in [0.05, 0.1) is 6.54 Å². The Morgan fingerprint density at radius 2 is 1.64 bits per heavy atom. The second-order valence-electron chi connectivity index (χ2n) is 8.22. The van der Waals surface area contributed by atoms with Crippen molar-refractivity contribution < 1.29 is 9.47 Å². The summed E-state index contributed by atoms with van der Waals surface area (Å²) in [6.07, 6.45) is 0. The van der Waals surface area contributed by atoms with Crippen molar-refractivity contribution in [2.75, 3.05) is 46.1 Å². The van der Waals surface area contributed by atoms with E-state index in [1.165, 1.54) is 11.1 Å². The van der Waals surface area contributed by atoms with E-state index in [9.17, 15) is 0 Å². The van der Waals surface area contributed by atoms with Crippen LogP contribution in [0.4, 0.5) is 0 Å². The summed E-state index contributed by atoms with van der Waals surface area (Å²) in [6.45, 7) is 13.5. The number of nitrogens with one attached hydrogen (secondary N) is 2. The highest BCUT2D eigenvalue weighted by Crippen LogP contribution is 2.32. The fourth-order valence-corrected chi connectivity index (χ4v) is 4.12. The van der Waals surface area contributed by atoms with Gasteiger partial charge >= 0.3 is 0 Å². The molecule has 180 valence electrons. The van der Waals surface area contributed by atoms with E-state index in [1.807, 2.05) is 18.2 Å². The van der Waals surface area contributed by atoms with E-state index in [0.29, 0.717) is 13.3 Å². The molecule has 0 aliphatic carbocycles. The molecule has 0 saturated carbocycles. The number of aliphatic imine (C=N–C) groups is 1. The summed E-state index contributed by atoms with van der Waals surface area (Å²) in [6, 6.07) is 14.7. The highest BCUT2D eigenvalue weighted by molar-refractivity contribution is 14.0. The van der Waals surface area contributed by atoms with Gasteiger partial charge in [0.1, 0.15) is 0 Å². The zero-order valence-corrected chi connectivity index (χ0v) is 22.0. The molecule has 0 radical (unpaired) electrons. The molecule has 2 aliphatic heterocycles. The van der Waals surface area contributed by atoms with Crippen molar-refractivity contribution in [3.8, 4) is 11.5 Å². The largest absolute Gasteiger partial charge is 0.454 e. The van der Waals surface area contributed by atoms with E-state index < -0.39 is 0 Å². The molecular formula is C25H36IN5O2. The number of halogens is 1. The van der Waals surface area contributed by atoms with Crippen molar-refractivity contribution >= 4 is 29.9 Å². The number of hydrogen-bond donors (Lipinski definition) is 2. The SMILES string of the molecule is CCNC(=NCc1ccc2c(c1)OCO2)NCc1ccccc1CN1CCN(CC)CC1.I. The lowest BCUT2D eigenvalue weighted by Gasteiger charge is -2.34. The van der Waals surface area contributed by atoms with Gasteiger partial charge in [0, 0.05) is 45.8 Å². The van der Waals surface area contributed by atoms with Crippen LogP contribution in [0.2, 0.25) is 0 Å². The number of guanidine groups is 1. The molecule has 1 saturated heterocycles. The molecule has 4 rings (SSSR count). The molecule has 0 aromatic heterocycles. The van der Waals surface area contributed by atoms with Gasteiger partial charge in [0.2, 0.25) is 6.79 Å². The predicted octanol–water partition coefficient (Wildman–Crippen LogP) is 3.43. The average molecular weight is 566 g/mol. The number of benzene rings is 2. The van der Waals surface area contributed by atoms with Gasteiger partial charge in [-0.25, -0.2) is 4.99 Å². The number of likely N-dealkylation sites (N-methyl/N-ethyl adjacent to an activating group) is 1. The predicted molar refractivity (Wildman–Crippen MR) is 143 cm³/mol. The molecule has 2 aliphatic rings. The Labute approximate surface area is 214 Å². The van der Waals surface area contributed by atoms with Crippen LogP contribution in [0.1, 0.15) is 30.5 Å². The van der Waals surface area contributed by atoms with Crippen molar-refractivity contribution in [3.05, 3.63) is 59.2 Å². The number of fused-ring (bicyclic) bond motifs is 1. The minimum Gasteiger partial charge on any atom is -0.454 e. The third kappa shape index (κ3) is 7.22. The van der Waals surface area contributed by atoms with Gasteiger partial charge in [-0.05, 0) is 42.3 Å². The van der Waals surface area contributed by atoms with Gasteiger partial charge in [0.25, 0.3) is 0 Å². The van der Waals surface area contributed by atoms with Crippen molar-refractivity contribution in [1.29, 1.82) is 0 Å². The van der Waals surface area contributed by atoms with E-state index in [4.69, 9.17) is 14.5 Å². The molecule has 0 spiro atoms. The van der Waals surface area contributed by atoms with Crippen molar-refractivity contribution in [3.63, 3.8) is 0 Å². The Morgan fingerprint density at radius 3 is 2.39 bits per heavy atom. The third-order valence-corrected chi connectivity index (χ3v) is 6.07. The Bertz CT molecular complexity index is 915. The average Bonchev–Trinajstić information content (AvgIpc) is 3.30. The molecule has 2 heterocycles. The van der Waals surface area contributed by atoms with E-state index >= 15 is 0 Å². The van der Waals surface area contributed by atoms with Gasteiger partial charge in [-0.3, -0.25) is 4.90 Å². The molecule has 8 heteroatoms. The molecule has 0 amide bonds. The van der Waals surface area contributed by atoms with Crippen LogP contribution in [0.25, 0.3) is 0 Å². The van der Waals surface area contributed by atoms with Crippen LogP contribution < -0.4 is 20.1 Å². The molecule has 33 heavy (non-hydrogen) atoms. The smallest absolute Gasteiger partial charge is 0.231 e. The summed E-state index contributed by atoms with van der Waals surface area (Å²) in [5, 5.41) is 6.86. The molecule has 1 fully saturated rings. The van der Waals surface area contributed by atoms with Crippen molar-refractivity contribution in [1.82, 2.24) is 20.4 Å². The third-order valence-electron chi connectivity index (χ3n) is 6.07. The van der Waals surface area contributed by atoms with Gasteiger partial charge in [-0.2, -0.15) is 0 Å². The highest BCUT2D eigenvalue weighted by Gasteiger charge is 2.17. The minimum absolute atomic E-state index is 0. The first-order valence-electron chi connectivity index (χ1n) is 11.7. The minimum atomic E-state index is 0. The molecule has 0 bridgehead atoms. The molecule has 2 aromatic carbocycles. The van der Waals surface area contributed by atoms with Crippen LogP contribution in [-0.2, 0) is 19.6 Å². The van der Waals surface area contributed by atoms with Crippen LogP contribution in [0.3, 0.4) is 0 Å². The first-order chi connectivity index (χ1) is 15.7. The number of ether oxygens (including phenoxy) is 2. The lowest BCUT2D eigenvalue weighted by Crippen LogP contribution is -2.45. The number of piperazine rings is 1. The molecule has 0 atom stereocenters. The van der Waals surface area contributed by atoms with Crippen LogP contribution in [0, 0.1) is 0 Å². The number of rotatable bonds is 8. The topological polar surface area (TPSA) is 61.4 Å². The highest BCUT2D eigenvalue weighted by atomic mass is 127. The van der Waals surface area contributed by atoms with Gasteiger partial charge in [-0.1, -0.05) is 37.3 Å². The summed E-state index contributed by atoms with van der Waals surface area (Å²) >= 11 is 0. The number of nitrogens with zero attached hydrogens (tertiary/aromatic N) is 3. The normalized spacial score (nSPS) is 16.4. The van der Waals surface area contributed by atoms with Crippen molar-refractivity contribution in [2.45, 2.75) is 33.5 Å². The Balaban J connectivity index is 0.00000306. The monoisotopic (exact) mass is 565 g/mol. The second-order valence-corrected chi connectivity index (χ2v) is 8.22. The molecule has 0 unspecified atom stereocenters. The van der Waals surface area contributed by atoms with E-state index in [1.54, 1.807) is 0 Å². The van der Waals surface area contributed by atoms with Crippen LogP contribution in [-0.4, -0.2) is 61.8 Å². The van der Waals surface area contributed by atoms with Crippen molar-refractivity contribution in [2.24, 2.45) is 4.99 Å². The summed E-state index contributed by atoms with van der Waals surface area (Å²) in [7, 11) is 0. The summed E-state index contributed by atoms with van der Waals surface area (Å²) in [4.78, 5) is 9.85. The Hall–Kier alpha value is -2.04. The first kappa shape index (κ1) is 25.6. The quantitative estimate of drug-likeness (QED) is 0.291. The summed E-state index contributed by atoms with van der Waals surface area (Å²) < 4.78 is 10.9. The lowest BCUT2D eigenvalue weighted by atomic mass is 10.1. The Morgan fingerprint density at radius 1 is 0.909 bits per heavy atom. The molecule has 2 aromatic rings. The maximum absolute atomic E-state index is 5.48. The maximum Gasteiger partial charge on any atom is 0.231 e. The van der Waals surface area contributed by atoms with E-state index in [0.717, 1.165) is 75.4 Å². The van der Waals surface area contributed by atoms with Crippen LogP contribution in [0.5, 0.6) is 11.5 Å². The van der Waals surface area contributed by atoms with E-state index in [2.05, 4.69) is 58.5 Å². The van der Waals surface area contributed by atoms with E-state index in [-0.39, 0.29) is 24.0 Å².